The van der Waals surface area contributed by atoms with Gasteiger partial charge in [-0.25, -0.2) is 4.79 Å². The first-order chi connectivity index (χ1) is 8.66. The third-order valence-corrected chi connectivity index (χ3v) is 3.89. The highest BCUT2D eigenvalue weighted by Gasteiger charge is 2.30. The summed E-state index contributed by atoms with van der Waals surface area (Å²) in [7, 11) is 0. The van der Waals surface area contributed by atoms with E-state index in [4.69, 9.17) is 0 Å². The summed E-state index contributed by atoms with van der Waals surface area (Å²) in [5, 5.41) is 12.6. The highest BCUT2D eigenvalue weighted by atomic mass is 16.4. The highest BCUT2D eigenvalue weighted by molar-refractivity contribution is 5.77. The minimum Gasteiger partial charge on any atom is -0.480 e. The quantitative estimate of drug-likeness (QED) is 0.857. The Morgan fingerprint density at radius 1 is 1.22 bits per heavy atom. The predicted molar refractivity (Wildman–Crippen MR) is 72.6 cm³/mol. The van der Waals surface area contributed by atoms with E-state index in [0.717, 1.165) is 37.3 Å². The molecule has 0 heterocycles. The molecule has 1 aliphatic rings. The van der Waals surface area contributed by atoms with Crippen LogP contribution in [-0.4, -0.2) is 17.1 Å². The maximum Gasteiger partial charge on any atom is 0.326 e. The number of hydrogen-bond acceptors (Lipinski definition) is 2. The van der Waals surface area contributed by atoms with Gasteiger partial charge in [-0.2, -0.15) is 0 Å². The van der Waals surface area contributed by atoms with Crippen LogP contribution in [0, 0.1) is 11.8 Å². The molecule has 1 saturated carbocycles. The Bertz CT molecular complexity index is 383. The predicted octanol–water partition coefficient (Wildman–Crippen LogP) is 3.38. The lowest BCUT2D eigenvalue weighted by atomic mass is 9.79. The number of rotatable bonds is 4. The molecule has 1 aromatic rings. The number of carbonyl (C=O) groups is 1. The van der Waals surface area contributed by atoms with E-state index in [0.29, 0.717) is 0 Å². The van der Waals surface area contributed by atoms with Gasteiger partial charge in [0.1, 0.15) is 6.04 Å². The molecule has 1 aromatic carbocycles. The van der Waals surface area contributed by atoms with Crippen LogP contribution in [0.2, 0.25) is 0 Å². The summed E-state index contributed by atoms with van der Waals surface area (Å²) in [6.45, 7) is 2.25. The molecular weight excluding hydrogens is 226 g/mol. The van der Waals surface area contributed by atoms with Gasteiger partial charge in [0.2, 0.25) is 0 Å². The lowest BCUT2D eigenvalue weighted by Crippen LogP contribution is -2.38. The van der Waals surface area contributed by atoms with Gasteiger partial charge in [-0.15, -0.1) is 0 Å². The summed E-state index contributed by atoms with van der Waals surface area (Å²) in [5.74, 6) is 0.254. The lowest BCUT2D eigenvalue weighted by Gasteiger charge is -2.31. The van der Waals surface area contributed by atoms with Gasteiger partial charge >= 0.3 is 5.97 Å². The molecule has 1 atom stereocenters. The van der Waals surface area contributed by atoms with Crippen LogP contribution in [0.3, 0.4) is 0 Å². The molecule has 18 heavy (non-hydrogen) atoms. The van der Waals surface area contributed by atoms with Gasteiger partial charge in [0.05, 0.1) is 0 Å². The van der Waals surface area contributed by atoms with Crippen LogP contribution < -0.4 is 5.32 Å². The Hall–Kier alpha value is -1.51. The van der Waals surface area contributed by atoms with Crippen molar-refractivity contribution in [3.63, 3.8) is 0 Å². The van der Waals surface area contributed by atoms with Gasteiger partial charge < -0.3 is 10.4 Å². The summed E-state index contributed by atoms with van der Waals surface area (Å²) in [6.07, 6.45) is 4.31. The maximum absolute atomic E-state index is 11.4. The number of nitrogens with one attached hydrogen (secondary N) is 1. The van der Waals surface area contributed by atoms with Crippen LogP contribution in [0.1, 0.15) is 32.6 Å². The Morgan fingerprint density at radius 2 is 1.83 bits per heavy atom. The molecule has 3 heteroatoms. The largest absolute Gasteiger partial charge is 0.480 e. The third-order valence-electron chi connectivity index (χ3n) is 3.89. The van der Waals surface area contributed by atoms with E-state index in [2.05, 4.69) is 12.2 Å². The zero-order chi connectivity index (χ0) is 13.0. The minimum absolute atomic E-state index is 0.249. The van der Waals surface area contributed by atoms with Gasteiger partial charge in [-0.1, -0.05) is 38.0 Å². The van der Waals surface area contributed by atoms with Gasteiger partial charge in [0.25, 0.3) is 0 Å². The van der Waals surface area contributed by atoms with Crippen LogP contribution in [-0.2, 0) is 4.79 Å². The number of carboxylic acids is 1. The van der Waals surface area contributed by atoms with Gasteiger partial charge in [-0.3, -0.25) is 0 Å². The van der Waals surface area contributed by atoms with Crippen molar-refractivity contribution in [2.24, 2.45) is 11.8 Å². The van der Waals surface area contributed by atoms with Crippen LogP contribution in [0.5, 0.6) is 0 Å². The molecule has 1 aliphatic carbocycles. The maximum atomic E-state index is 11.4. The fourth-order valence-electron chi connectivity index (χ4n) is 2.71. The van der Waals surface area contributed by atoms with Crippen molar-refractivity contribution in [2.75, 3.05) is 5.32 Å². The molecule has 0 spiro atoms. The van der Waals surface area contributed by atoms with Crippen LogP contribution in [0.15, 0.2) is 30.3 Å². The van der Waals surface area contributed by atoms with Crippen LogP contribution in [0.4, 0.5) is 5.69 Å². The number of para-hydroxylation sites is 1. The summed E-state index contributed by atoms with van der Waals surface area (Å²) in [5.41, 5.74) is 0.892. The molecule has 98 valence electrons. The first-order valence-electron chi connectivity index (χ1n) is 6.71. The molecule has 1 unspecified atom stereocenters. The van der Waals surface area contributed by atoms with E-state index in [1.54, 1.807) is 0 Å². The number of hydrogen-bond donors (Lipinski definition) is 2. The van der Waals surface area contributed by atoms with Crippen molar-refractivity contribution in [3.8, 4) is 0 Å². The average molecular weight is 247 g/mol. The zero-order valence-corrected chi connectivity index (χ0v) is 10.8. The second kappa shape index (κ2) is 5.89. The van der Waals surface area contributed by atoms with Crippen LogP contribution in [0.25, 0.3) is 0 Å². The van der Waals surface area contributed by atoms with Gasteiger partial charge in [0, 0.05) is 5.69 Å². The fourth-order valence-corrected chi connectivity index (χ4v) is 2.71. The molecule has 0 bridgehead atoms. The summed E-state index contributed by atoms with van der Waals surface area (Å²) in [6, 6.07) is 9.15. The smallest absolute Gasteiger partial charge is 0.326 e. The van der Waals surface area contributed by atoms with Gasteiger partial charge in [-0.05, 0) is 36.8 Å². The molecule has 1 fully saturated rings. The number of carboxylic acid groups (broad SMARTS) is 1. The molecule has 2 N–H and O–H groups in total. The zero-order valence-electron chi connectivity index (χ0n) is 10.8. The summed E-state index contributed by atoms with van der Waals surface area (Å²) >= 11 is 0. The molecule has 0 saturated heterocycles. The second-order valence-electron chi connectivity index (χ2n) is 5.35. The normalized spacial score (nSPS) is 25.4. The molecule has 0 amide bonds. The fraction of sp³-hybridized carbons (Fsp3) is 0.533. The number of benzene rings is 1. The van der Waals surface area contributed by atoms with E-state index in [9.17, 15) is 9.90 Å². The van der Waals surface area contributed by atoms with Crippen molar-refractivity contribution >= 4 is 11.7 Å². The second-order valence-corrected chi connectivity index (χ2v) is 5.35. The molecule has 3 nitrogen and oxygen atoms in total. The van der Waals surface area contributed by atoms with Crippen molar-refractivity contribution < 1.29 is 9.90 Å². The summed E-state index contributed by atoms with van der Waals surface area (Å²) in [4.78, 5) is 11.4. The van der Waals surface area contributed by atoms with Crippen molar-refractivity contribution in [1.29, 1.82) is 0 Å². The number of aliphatic carboxylic acids is 1. The van der Waals surface area contributed by atoms with E-state index in [-0.39, 0.29) is 5.92 Å². The first kappa shape index (κ1) is 12.9. The monoisotopic (exact) mass is 247 g/mol. The molecule has 0 aliphatic heterocycles. The highest BCUT2D eigenvalue weighted by Crippen LogP contribution is 2.31. The summed E-state index contributed by atoms with van der Waals surface area (Å²) < 4.78 is 0. The Labute approximate surface area is 108 Å². The Balaban J connectivity index is 2.02. The molecular formula is C15H21NO2. The molecule has 0 radical (unpaired) electrons. The minimum atomic E-state index is -0.738. The topological polar surface area (TPSA) is 49.3 Å². The molecule has 0 aromatic heterocycles. The van der Waals surface area contributed by atoms with Crippen LogP contribution >= 0.6 is 0 Å². The SMILES string of the molecule is CC1CCC(C(Nc2ccccc2)C(=O)O)CC1. The molecule has 2 rings (SSSR count). The Morgan fingerprint density at radius 3 is 2.39 bits per heavy atom. The standard InChI is InChI=1S/C15H21NO2/c1-11-7-9-12(10-8-11)14(15(17)18)16-13-5-3-2-4-6-13/h2-6,11-12,14,16H,7-10H2,1H3,(H,17,18). The first-order valence-corrected chi connectivity index (χ1v) is 6.71. The van der Waals surface area contributed by atoms with E-state index >= 15 is 0 Å². The van der Waals surface area contributed by atoms with Crippen molar-refractivity contribution in [1.82, 2.24) is 0 Å². The third kappa shape index (κ3) is 3.25. The Kier molecular flexibility index (Phi) is 4.24. The van der Waals surface area contributed by atoms with Crippen molar-refractivity contribution in [3.05, 3.63) is 30.3 Å². The van der Waals surface area contributed by atoms with E-state index in [1.165, 1.54) is 0 Å². The number of anilines is 1. The van der Waals surface area contributed by atoms with E-state index < -0.39 is 12.0 Å². The van der Waals surface area contributed by atoms with E-state index in [1.807, 2.05) is 30.3 Å². The van der Waals surface area contributed by atoms with Crippen molar-refractivity contribution in [2.45, 2.75) is 38.6 Å². The van der Waals surface area contributed by atoms with Gasteiger partial charge in [0.15, 0.2) is 0 Å². The average Bonchev–Trinajstić information content (AvgIpc) is 2.38. The lowest BCUT2D eigenvalue weighted by molar-refractivity contribution is -0.139.